The van der Waals surface area contributed by atoms with Crippen LogP contribution in [0.1, 0.15) is 21.1 Å². The van der Waals surface area contributed by atoms with Gasteiger partial charge in [0.25, 0.3) is 5.91 Å². The van der Waals surface area contributed by atoms with E-state index < -0.39 is 12.1 Å². The normalized spacial score (nSPS) is 16.0. The average molecular weight is 322 g/mol. The highest BCUT2D eigenvalue weighted by Gasteiger charge is 2.29. The lowest BCUT2D eigenvalue weighted by Crippen LogP contribution is -2.37. The van der Waals surface area contributed by atoms with Crippen molar-refractivity contribution in [1.29, 1.82) is 0 Å². The Morgan fingerprint density at radius 2 is 2.32 bits per heavy atom. The first-order valence-electron chi connectivity index (χ1n) is 6.43. The lowest BCUT2D eigenvalue weighted by atomic mass is 10.1. The summed E-state index contributed by atoms with van der Waals surface area (Å²) in [7, 11) is 0. The Bertz CT molecular complexity index is 746. The molecule has 1 aliphatic rings. The number of fused-ring (bicyclic) bond motifs is 1. The number of thiazole rings is 1. The third-order valence-electron chi connectivity index (χ3n) is 3.17. The molecule has 0 saturated carbocycles. The predicted molar refractivity (Wildman–Crippen MR) is 75.4 cm³/mol. The van der Waals surface area contributed by atoms with Crippen LogP contribution in [0, 0.1) is 5.82 Å². The smallest absolute Gasteiger partial charge is 0.355 e. The van der Waals surface area contributed by atoms with Gasteiger partial charge in [-0.1, -0.05) is 0 Å². The maximum Gasteiger partial charge on any atom is 0.355 e. The van der Waals surface area contributed by atoms with Crippen molar-refractivity contribution in [2.24, 2.45) is 0 Å². The molecule has 1 aliphatic heterocycles. The summed E-state index contributed by atoms with van der Waals surface area (Å²) in [6, 6.07) is 4.13. The monoisotopic (exact) mass is 322 g/mol. The molecule has 1 aromatic carbocycles. The van der Waals surface area contributed by atoms with E-state index in [1.54, 1.807) is 0 Å². The fourth-order valence-corrected chi connectivity index (χ4v) is 2.84. The number of ether oxygens (including phenoxy) is 1. The minimum absolute atomic E-state index is 0.0470. The molecular formula is C14H11FN2O4S. The molecule has 8 heteroatoms. The Morgan fingerprint density at radius 1 is 1.50 bits per heavy atom. The van der Waals surface area contributed by atoms with Crippen molar-refractivity contribution < 1.29 is 23.8 Å². The van der Waals surface area contributed by atoms with Crippen LogP contribution in [0.15, 0.2) is 23.6 Å². The summed E-state index contributed by atoms with van der Waals surface area (Å²) in [5, 5.41) is 13.3. The van der Waals surface area contributed by atoms with Crippen molar-refractivity contribution in [3.63, 3.8) is 0 Å². The summed E-state index contributed by atoms with van der Waals surface area (Å²) in [6.45, 7) is 0.126. The molecule has 2 N–H and O–H groups in total. The van der Waals surface area contributed by atoms with Gasteiger partial charge >= 0.3 is 5.97 Å². The minimum atomic E-state index is -1.11. The average Bonchev–Trinajstić information content (AvgIpc) is 3.10. The van der Waals surface area contributed by atoms with Gasteiger partial charge in [-0.15, -0.1) is 11.3 Å². The molecular weight excluding hydrogens is 311 g/mol. The van der Waals surface area contributed by atoms with Gasteiger partial charge in [-0.3, -0.25) is 4.79 Å². The maximum absolute atomic E-state index is 13.1. The second-order valence-electron chi connectivity index (χ2n) is 4.71. The van der Waals surface area contributed by atoms with E-state index in [9.17, 15) is 14.0 Å². The van der Waals surface area contributed by atoms with Gasteiger partial charge < -0.3 is 15.2 Å². The predicted octanol–water partition coefficient (Wildman–Crippen LogP) is 1.60. The molecule has 0 radical (unpaired) electrons. The summed E-state index contributed by atoms with van der Waals surface area (Å²) in [5.74, 6) is -1.31. The Kier molecular flexibility index (Phi) is 3.76. The lowest BCUT2D eigenvalue weighted by Gasteiger charge is -2.10. The number of nitrogens with one attached hydrogen (secondary N) is 1. The van der Waals surface area contributed by atoms with Crippen LogP contribution in [0.25, 0.3) is 0 Å². The van der Waals surface area contributed by atoms with Gasteiger partial charge in [0.2, 0.25) is 0 Å². The van der Waals surface area contributed by atoms with Gasteiger partial charge in [0.05, 0.1) is 6.54 Å². The van der Waals surface area contributed by atoms with Crippen LogP contribution in [0.3, 0.4) is 0 Å². The van der Waals surface area contributed by atoms with Crippen LogP contribution >= 0.6 is 11.3 Å². The summed E-state index contributed by atoms with van der Waals surface area (Å²) in [5.41, 5.74) is 0.608. The standard InChI is InChI=1S/C14H11FN2O4S/c15-8-1-2-10-7(3-8)4-11(21-10)13(18)16-5-12-17-9(6-22-12)14(19)20/h1-3,6,11H,4-5H2,(H,16,18)(H,19,20)/t11-/m1/s1. The Labute approximate surface area is 128 Å². The number of aromatic carboxylic acids is 1. The fraction of sp³-hybridized carbons (Fsp3) is 0.214. The van der Waals surface area contributed by atoms with E-state index in [0.717, 1.165) is 11.3 Å². The Balaban J connectivity index is 1.58. The van der Waals surface area contributed by atoms with Crippen LogP contribution in [0.2, 0.25) is 0 Å². The molecule has 0 bridgehead atoms. The summed E-state index contributed by atoms with van der Waals surface area (Å²) >= 11 is 1.15. The van der Waals surface area contributed by atoms with Crippen molar-refractivity contribution in [3.8, 4) is 5.75 Å². The number of aromatic nitrogens is 1. The number of halogens is 1. The SMILES string of the molecule is O=C(O)c1csc(CNC(=O)[C@H]2Cc3cc(F)ccc3O2)n1. The number of hydrogen-bond acceptors (Lipinski definition) is 5. The van der Waals surface area contributed by atoms with Gasteiger partial charge in [-0.25, -0.2) is 14.2 Å². The first-order valence-corrected chi connectivity index (χ1v) is 7.31. The highest BCUT2D eigenvalue weighted by molar-refractivity contribution is 7.09. The van der Waals surface area contributed by atoms with E-state index in [-0.39, 0.29) is 24.0 Å². The molecule has 2 heterocycles. The van der Waals surface area contributed by atoms with Crippen LogP contribution in [0.5, 0.6) is 5.75 Å². The first kappa shape index (κ1) is 14.5. The van der Waals surface area contributed by atoms with Gasteiger partial charge in [0.1, 0.15) is 16.6 Å². The summed E-state index contributed by atoms with van der Waals surface area (Å²) < 4.78 is 18.6. The largest absolute Gasteiger partial charge is 0.480 e. The van der Waals surface area contributed by atoms with Crippen molar-refractivity contribution in [3.05, 3.63) is 45.7 Å². The van der Waals surface area contributed by atoms with E-state index in [2.05, 4.69) is 10.3 Å². The number of amides is 1. The second-order valence-corrected chi connectivity index (χ2v) is 5.65. The van der Waals surface area contributed by atoms with Gasteiger partial charge in [0, 0.05) is 17.4 Å². The summed E-state index contributed by atoms with van der Waals surface area (Å²) in [6.07, 6.45) is -0.410. The van der Waals surface area contributed by atoms with E-state index in [0.29, 0.717) is 22.7 Å². The number of benzene rings is 1. The number of hydrogen-bond donors (Lipinski definition) is 2. The second kappa shape index (κ2) is 5.72. The molecule has 1 aromatic heterocycles. The van der Waals surface area contributed by atoms with Crippen molar-refractivity contribution in [1.82, 2.24) is 10.3 Å². The molecule has 2 aromatic rings. The van der Waals surface area contributed by atoms with Gasteiger partial charge in [-0.05, 0) is 18.2 Å². The quantitative estimate of drug-likeness (QED) is 0.892. The van der Waals surface area contributed by atoms with Crippen molar-refractivity contribution in [2.45, 2.75) is 19.1 Å². The molecule has 0 unspecified atom stereocenters. The molecule has 0 fully saturated rings. The highest BCUT2D eigenvalue weighted by Crippen LogP contribution is 2.29. The fourth-order valence-electron chi connectivity index (χ4n) is 2.13. The molecule has 0 saturated heterocycles. The summed E-state index contributed by atoms with van der Waals surface area (Å²) in [4.78, 5) is 26.6. The third-order valence-corrected chi connectivity index (χ3v) is 4.02. The first-order chi connectivity index (χ1) is 10.5. The van der Waals surface area contributed by atoms with E-state index in [1.165, 1.54) is 23.6 Å². The zero-order valence-electron chi connectivity index (χ0n) is 11.2. The minimum Gasteiger partial charge on any atom is -0.480 e. The number of rotatable bonds is 4. The molecule has 114 valence electrons. The third kappa shape index (κ3) is 2.91. The molecule has 1 atom stereocenters. The van der Waals surface area contributed by atoms with Crippen LogP contribution in [-0.2, 0) is 17.8 Å². The van der Waals surface area contributed by atoms with Gasteiger partial charge in [0.15, 0.2) is 11.8 Å². The number of nitrogens with zero attached hydrogens (tertiary/aromatic N) is 1. The van der Waals surface area contributed by atoms with E-state index in [1.807, 2.05) is 0 Å². The van der Waals surface area contributed by atoms with E-state index >= 15 is 0 Å². The highest BCUT2D eigenvalue weighted by atomic mass is 32.1. The number of carboxylic acid groups (broad SMARTS) is 1. The Hall–Kier alpha value is -2.48. The molecule has 1 amide bonds. The van der Waals surface area contributed by atoms with Crippen molar-refractivity contribution >= 4 is 23.2 Å². The molecule has 6 nitrogen and oxygen atoms in total. The number of carbonyl (C=O) groups excluding carboxylic acids is 1. The zero-order valence-corrected chi connectivity index (χ0v) is 12.0. The molecule has 0 spiro atoms. The van der Waals surface area contributed by atoms with Crippen molar-refractivity contribution in [2.75, 3.05) is 0 Å². The maximum atomic E-state index is 13.1. The van der Waals surface area contributed by atoms with Crippen LogP contribution in [0.4, 0.5) is 4.39 Å². The van der Waals surface area contributed by atoms with Gasteiger partial charge in [-0.2, -0.15) is 0 Å². The number of carbonyl (C=O) groups is 2. The zero-order chi connectivity index (χ0) is 15.7. The van der Waals surface area contributed by atoms with Crippen LogP contribution in [-0.4, -0.2) is 28.1 Å². The number of carboxylic acids is 1. The van der Waals surface area contributed by atoms with Crippen LogP contribution < -0.4 is 10.1 Å². The molecule has 22 heavy (non-hydrogen) atoms. The molecule has 3 rings (SSSR count). The Morgan fingerprint density at radius 3 is 3.05 bits per heavy atom. The van der Waals surface area contributed by atoms with E-state index in [4.69, 9.17) is 9.84 Å². The molecule has 0 aliphatic carbocycles. The lowest BCUT2D eigenvalue weighted by molar-refractivity contribution is -0.127. The topological polar surface area (TPSA) is 88.5 Å².